The summed E-state index contributed by atoms with van der Waals surface area (Å²) < 4.78 is 9.20. The second-order valence-electron chi connectivity index (χ2n) is 17.3. The number of carbonyl (C=O) groups is 6. The van der Waals surface area contributed by atoms with Crippen LogP contribution in [0.4, 0.5) is 5.69 Å². The Balaban J connectivity index is 0.818. The molecule has 0 aliphatic carbocycles. The van der Waals surface area contributed by atoms with E-state index >= 15 is 0 Å². The standard InChI is InChI=1S/C46H46N9O7P/c1-27(57)51-14-15-54-38(21-51)41(50-42(54)28-12-16-62-17-13-28)32-6-2-4-29-18-35(48-20-33(29)32)30-8-9-34(47-19-30)44(60)53-25-46(26-53)23-52(24-46)36-7-3-5-31(22-56)40(36)45(61)55(63)37-10-11-39(58)49-43(37)59/h2-9,18-20,22,28,37H,10-17,21,23-26,63H2,1H3,(H,49,58,59). The van der Waals surface area contributed by atoms with Gasteiger partial charge in [0.05, 0.1) is 34.9 Å². The van der Waals surface area contributed by atoms with Gasteiger partial charge in [-0.25, -0.2) is 4.98 Å². The van der Waals surface area contributed by atoms with Crippen molar-refractivity contribution in [2.24, 2.45) is 5.41 Å². The Bertz CT molecular complexity index is 2720. The summed E-state index contributed by atoms with van der Waals surface area (Å²) in [7, 11) is 2.29. The molecule has 0 radical (unpaired) electrons. The van der Waals surface area contributed by atoms with Gasteiger partial charge < -0.3 is 28.7 Å². The molecule has 1 N–H and O–H groups in total. The van der Waals surface area contributed by atoms with Gasteiger partial charge in [-0.05, 0) is 58.3 Å². The minimum absolute atomic E-state index is 0.0498. The van der Waals surface area contributed by atoms with Crippen LogP contribution in [0.5, 0.6) is 0 Å². The molecule has 2 atom stereocenters. The van der Waals surface area contributed by atoms with Crippen LogP contribution >= 0.6 is 9.39 Å². The van der Waals surface area contributed by atoms with Crippen LogP contribution in [0.25, 0.3) is 33.3 Å². The van der Waals surface area contributed by atoms with Crippen molar-refractivity contribution in [3.05, 3.63) is 95.3 Å². The van der Waals surface area contributed by atoms with Crippen LogP contribution in [0, 0.1) is 5.41 Å². The van der Waals surface area contributed by atoms with E-state index in [4.69, 9.17) is 14.7 Å². The van der Waals surface area contributed by atoms with Crippen molar-refractivity contribution in [1.29, 1.82) is 0 Å². The fourth-order valence-electron chi connectivity index (χ4n) is 9.93. The number of nitrogens with one attached hydrogen (secondary N) is 1. The monoisotopic (exact) mass is 867 g/mol. The van der Waals surface area contributed by atoms with Crippen LogP contribution in [-0.2, 0) is 32.2 Å². The second kappa shape index (κ2) is 16.1. The third-order valence-electron chi connectivity index (χ3n) is 13.3. The van der Waals surface area contributed by atoms with E-state index in [1.165, 1.54) is 4.67 Å². The van der Waals surface area contributed by atoms with E-state index in [0.717, 1.165) is 57.6 Å². The summed E-state index contributed by atoms with van der Waals surface area (Å²) in [5, 5.41) is 4.22. The highest BCUT2D eigenvalue weighted by atomic mass is 31.0. The number of fused-ring (bicyclic) bond motifs is 2. The highest BCUT2D eigenvalue weighted by molar-refractivity contribution is 7.15. The number of benzene rings is 2. The molecule has 3 aromatic heterocycles. The molecular weight excluding hydrogens is 822 g/mol. The number of hydrogen-bond donors (Lipinski definition) is 1. The number of pyridine rings is 2. The van der Waals surface area contributed by atoms with E-state index in [1.807, 2.05) is 34.2 Å². The molecule has 16 nitrogen and oxygen atoms in total. The van der Waals surface area contributed by atoms with Crippen molar-refractivity contribution in [2.75, 3.05) is 50.8 Å². The zero-order valence-corrected chi connectivity index (χ0v) is 35.9. The topological polar surface area (TPSA) is 180 Å². The maximum Gasteiger partial charge on any atom is 0.272 e. The first-order valence-electron chi connectivity index (χ1n) is 21.3. The summed E-state index contributed by atoms with van der Waals surface area (Å²) in [4.78, 5) is 96.6. The van der Waals surface area contributed by atoms with Gasteiger partial charge in [-0.1, -0.05) is 30.3 Å². The van der Waals surface area contributed by atoms with Gasteiger partial charge in [-0.15, -0.1) is 0 Å². The largest absolute Gasteiger partial charge is 0.381 e. The van der Waals surface area contributed by atoms with E-state index in [2.05, 4.69) is 36.4 Å². The lowest BCUT2D eigenvalue weighted by atomic mass is 9.72. The van der Waals surface area contributed by atoms with Crippen molar-refractivity contribution in [1.82, 2.24) is 39.3 Å². The molecule has 17 heteroatoms. The molecule has 1 spiro atoms. The van der Waals surface area contributed by atoms with Gasteiger partial charge in [0.25, 0.3) is 11.8 Å². The maximum absolute atomic E-state index is 13.8. The molecule has 10 rings (SSSR count). The number of carbonyl (C=O) groups excluding carboxylic acids is 6. The van der Waals surface area contributed by atoms with E-state index in [1.54, 1.807) is 42.3 Å². The van der Waals surface area contributed by atoms with Crippen LogP contribution in [-0.4, -0.2) is 122 Å². The first-order chi connectivity index (χ1) is 30.5. The summed E-state index contributed by atoms with van der Waals surface area (Å²) in [5.41, 5.74) is 5.54. The first kappa shape index (κ1) is 40.7. The lowest BCUT2D eigenvalue weighted by molar-refractivity contribution is -0.135. The number of amides is 5. The number of aromatic nitrogens is 4. The number of aldehydes is 1. The predicted octanol–water partition coefficient (Wildman–Crippen LogP) is 4.23. The zero-order valence-electron chi connectivity index (χ0n) is 34.8. The maximum atomic E-state index is 13.8. The normalized spacial score (nSPS) is 19.6. The molecule has 5 amide bonds. The molecule has 5 aromatic rings. The number of nitrogens with zero attached hydrogens (tertiary/aromatic N) is 8. The molecule has 8 heterocycles. The van der Waals surface area contributed by atoms with Crippen molar-refractivity contribution in [3.8, 4) is 22.5 Å². The van der Waals surface area contributed by atoms with Gasteiger partial charge in [0.15, 0.2) is 6.29 Å². The molecule has 322 valence electrons. The van der Waals surface area contributed by atoms with Gasteiger partial charge in [-0.3, -0.25) is 44.1 Å². The van der Waals surface area contributed by atoms with Crippen molar-refractivity contribution in [3.63, 3.8) is 0 Å². The smallest absolute Gasteiger partial charge is 0.272 e. The van der Waals surface area contributed by atoms with E-state index in [9.17, 15) is 28.8 Å². The molecule has 0 saturated carbocycles. The Morgan fingerprint density at radius 3 is 2.46 bits per heavy atom. The van der Waals surface area contributed by atoms with E-state index in [-0.39, 0.29) is 47.1 Å². The van der Waals surface area contributed by atoms with Crippen LogP contribution in [0.3, 0.4) is 0 Å². The highest BCUT2D eigenvalue weighted by Gasteiger charge is 2.54. The third-order valence-corrected chi connectivity index (χ3v) is 13.9. The number of rotatable bonds is 8. The Hall–Kier alpha value is -6.38. The summed E-state index contributed by atoms with van der Waals surface area (Å²) >= 11 is 0. The van der Waals surface area contributed by atoms with Crippen LogP contribution in [0.2, 0.25) is 0 Å². The molecule has 2 unspecified atom stereocenters. The molecule has 2 aromatic carbocycles. The molecule has 4 saturated heterocycles. The Labute approximate surface area is 365 Å². The van der Waals surface area contributed by atoms with E-state index in [0.29, 0.717) is 82.6 Å². The highest BCUT2D eigenvalue weighted by Crippen LogP contribution is 2.44. The van der Waals surface area contributed by atoms with Crippen molar-refractivity contribution >= 4 is 61.7 Å². The summed E-state index contributed by atoms with van der Waals surface area (Å²) in [6.45, 7) is 7.11. The number of imidazole rings is 1. The summed E-state index contributed by atoms with van der Waals surface area (Å²) in [6, 6.07) is 16.0. The number of hydrogen-bond acceptors (Lipinski definition) is 11. The quantitative estimate of drug-likeness (QED) is 0.134. The third kappa shape index (κ3) is 7.24. The van der Waals surface area contributed by atoms with Gasteiger partial charge in [-0.2, -0.15) is 0 Å². The minimum Gasteiger partial charge on any atom is -0.381 e. The number of imide groups is 1. The van der Waals surface area contributed by atoms with Crippen molar-refractivity contribution < 1.29 is 33.5 Å². The first-order valence-corrected chi connectivity index (χ1v) is 21.8. The zero-order chi connectivity index (χ0) is 43.6. The molecule has 5 aliphatic rings. The molecule has 63 heavy (non-hydrogen) atoms. The summed E-state index contributed by atoms with van der Waals surface area (Å²) in [5.74, 6) is -0.198. The number of anilines is 1. The SMILES string of the molecule is CC(=O)N1CCn2c(C3CCOCC3)nc(-c3cccc4cc(-c5ccc(C(=O)N6CC7(C6)CN(c6cccc(C=O)c6C(=O)N(P)C6CCC(=O)NC6=O)C7)nc5)ncc34)c2C1. The second-order valence-corrected chi connectivity index (χ2v) is 17.9. The molecule has 4 fully saturated rings. The Morgan fingerprint density at radius 1 is 0.937 bits per heavy atom. The number of ether oxygens (including phenoxy) is 1. The van der Waals surface area contributed by atoms with Gasteiger partial charge >= 0.3 is 0 Å². The minimum atomic E-state index is -0.861. The molecule has 0 bridgehead atoms. The van der Waals surface area contributed by atoms with Crippen LogP contribution in [0.1, 0.15) is 81.2 Å². The summed E-state index contributed by atoms with van der Waals surface area (Å²) in [6.07, 6.45) is 6.32. The average molecular weight is 868 g/mol. The Morgan fingerprint density at radius 2 is 1.73 bits per heavy atom. The van der Waals surface area contributed by atoms with Crippen LogP contribution < -0.4 is 10.2 Å². The average Bonchev–Trinajstić information content (AvgIpc) is 3.66. The van der Waals surface area contributed by atoms with Crippen molar-refractivity contribution in [2.45, 2.75) is 57.7 Å². The van der Waals surface area contributed by atoms with Gasteiger partial charge in [0.1, 0.15) is 17.6 Å². The molecule has 5 aliphatic heterocycles. The lowest BCUT2D eigenvalue weighted by Crippen LogP contribution is -2.73. The van der Waals surface area contributed by atoms with Gasteiger partial charge in [0, 0.05) is 112 Å². The number of likely N-dealkylation sites (tertiary alicyclic amines) is 1. The van der Waals surface area contributed by atoms with Crippen LogP contribution in [0.15, 0.2) is 67.0 Å². The van der Waals surface area contributed by atoms with Gasteiger partial charge in [0.2, 0.25) is 17.7 Å². The Kier molecular flexibility index (Phi) is 10.4. The van der Waals surface area contributed by atoms with E-state index < -0.39 is 17.9 Å². The number of piperidine rings is 1. The fraction of sp³-hybridized carbons (Fsp3) is 0.370. The fourth-order valence-corrected chi connectivity index (χ4v) is 10.3. The lowest BCUT2D eigenvalue weighted by Gasteiger charge is -2.61. The predicted molar refractivity (Wildman–Crippen MR) is 235 cm³/mol. The molecular formula is C46H46N9O7P.